The first-order valence-corrected chi connectivity index (χ1v) is 4.58. The first-order valence-electron chi connectivity index (χ1n) is 4.20. The van der Waals surface area contributed by atoms with Gasteiger partial charge in [-0.05, 0) is 18.5 Å². The molecule has 1 unspecified atom stereocenters. The molecule has 0 aliphatic carbocycles. The largest absolute Gasteiger partial charge is 0.379 e. The van der Waals surface area contributed by atoms with Crippen molar-refractivity contribution in [1.82, 2.24) is 4.90 Å². The fourth-order valence-corrected chi connectivity index (χ4v) is 1.60. The van der Waals surface area contributed by atoms with E-state index in [0.29, 0.717) is 6.42 Å². The molecule has 1 rings (SSSR count). The average Bonchev–Trinajstić information content (AvgIpc) is 2.05. The molecular weight excluding hydrogens is 178 g/mol. The number of carbonyl (C=O) groups is 1. The molecule has 0 spiro atoms. The molecule has 0 amide bonds. The second-order valence-electron chi connectivity index (χ2n) is 3.06. The fourth-order valence-electron chi connectivity index (χ4n) is 1.38. The van der Waals surface area contributed by atoms with Gasteiger partial charge in [-0.15, -0.1) is 0 Å². The molecule has 4 heteroatoms. The molecule has 1 saturated heterocycles. The van der Waals surface area contributed by atoms with E-state index in [1.165, 1.54) is 0 Å². The zero-order chi connectivity index (χ0) is 8.97. The van der Waals surface area contributed by atoms with Crippen molar-refractivity contribution in [2.75, 3.05) is 26.3 Å². The highest BCUT2D eigenvalue weighted by atomic mass is 35.5. The van der Waals surface area contributed by atoms with Crippen LogP contribution in [0.5, 0.6) is 0 Å². The number of nitrogens with zero attached hydrogens (tertiary/aromatic N) is 1. The van der Waals surface area contributed by atoms with Crippen LogP contribution in [-0.2, 0) is 9.53 Å². The summed E-state index contributed by atoms with van der Waals surface area (Å²) in [5.74, 6) is 0. The summed E-state index contributed by atoms with van der Waals surface area (Å²) >= 11 is 5.30. The molecule has 1 aliphatic rings. The Balaban J connectivity index is 2.29. The zero-order valence-corrected chi connectivity index (χ0v) is 8.01. The monoisotopic (exact) mass is 191 g/mol. The van der Waals surface area contributed by atoms with Gasteiger partial charge in [0.15, 0.2) is 0 Å². The summed E-state index contributed by atoms with van der Waals surface area (Å²) in [6.45, 7) is 5.36. The summed E-state index contributed by atoms with van der Waals surface area (Å²) in [6, 6.07) is 0.249. The van der Waals surface area contributed by atoms with E-state index in [1.54, 1.807) is 0 Å². The SMILES string of the molecule is CC(CC(=O)Cl)N1CCOCC1. The maximum Gasteiger partial charge on any atom is 0.223 e. The number of morpholine rings is 1. The van der Waals surface area contributed by atoms with Crippen molar-refractivity contribution >= 4 is 16.8 Å². The molecular formula is C8H14ClNO2. The Kier molecular flexibility index (Phi) is 3.98. The second kappa shape index (κ2) is 4.80. The minimum absolute atomic E-state index is 0.249. The van der Waals surface area contributed by atoms with Crippen LogP contribution in [0.15, 0.2) is 0 Å². The van der Waals surface area contributed by atoms with Crippen molar-refractivity contribution in [3.05, 3.63) is 0 Å². The van der Waals surface area contributed by atoms with Crippen molar-refractivity contribution in [1.29, 1.82) is 0 Å². The summed E-state index contributed by atoms with van der Waals surface area (Å²) in [7, 11) is 0. The molecule has 3 nitrogen and oxygen atoms in total. The van der Waals surface area contributed by atoms with E-state index >= 15 is 0 Å². The van der Waals surface area contributed by atoms with Gasteiger partial charge in [-0.3, -0.25) is 9.69 Å². The molecule has 1 atom stereocenters. The van der Waals surface area contributed by atoms with Crippen molar-refractivity contribution in [2.24, 2.45) is 0 Å². The van der Waals surface area contributed by atoms with Crippen LogP contribution in [0.25, 0.3) is 0 Å². The predicted molar refractivity (Wildman–Crippen MR) is 47.3 cm³/mol. The molecule has 70 valence electrons. The van der Waals surface area contributed by atoms with E-state index in [1.807, 2.05) is 6.92 Å². The highest BCUT2D eigenvalue weighted by Gasteiger charge is 2.18. The lowest BCUT2D eigenvalue weighted by molar-refractivity contribution is -0.113. The first-order chi connectivity index (χ1) is 5.70. The molecule has 1 fully saturated rings. The quantitative estimate of drug-likeness (QED) is 0.620. The van der Waals surface area contributed by atoms with Gasteiger partial charge in [0.05, 0.1) is 13.2 Å². The van der Waals surface area contributed by atoms with Crippen molar-refractivity contribution in [3.63, 3.8) is 0 Å². The normalized spacial score (nSPS) is 22.2. The van der Waals surface area contributed by atoms with Crippen molar-refractivity contribution in [2.45, 2.75) is 19.4 Å². The third kappa shape index (κ3) is 3.09. The van der Waals surface area contributed by atoms with E-state index in [2.05, 4.69) is 4.90 Å². The van der Waals surface area contributed by atoms with E-state index in [-0.39, 0.29) is 11.3 Å². The minimum atomic E-state index is -0.256. The molecule has 0 aromatic carbocycles. The number of ether oxygens (including phenoxy) is 1. The standard InChI is InChI=1S/C8H14ClNO2/c1-7(6-8(9)11)10-2-4-12-5-3-10/h7H,2-6H2,1H3. The summed E-state index contributed by atoms with van der Waals surface area (Å²) in [6.07, 6.45) is 0.432. The number of hydrogen-bond donors (Lipinski definition) is 0. The second-order valence-corrected chi connectivity index (χ2v) is 3.48. The van der Waals surface area contributed by atoms with E-state index in [0.717, 1.165) is 26.3 Å². The van der Waals surface area contributed by atoms with Gasteiger partial charge < -0.3 is 4.74 Å². The van der Waals surface area contributed by atoms with Gasteiger partial charge in [-0.2, -0.15) is 0 Å². The summed E-state index contributed by atoms with van der Waals surface area (Å²) < 4.78 is 5.20. The van der Waals surface area contributed by atoms with Gasteiger partial charge in [0, 0.05) is 25.6 Å². The Hall–Kier alpha value is -0.120. The molecule has 0 saturated carbocycles. The Morgan fingerprint density at radius 1 is 1.58 bits per heavy atom. The molecule has 0 N–H and O–H groups in total. The van der Waals surface area contributed by atoms with Crippen LogP contribution in [0.3, 0.4) is 0 Å². The summed E-state index contributed by atoms with van der Waals surface area (Å²) in [5, 5.41) is -0.256. The molecule has 1 aliphatic heterocycles. The van der Waals surface area contributed by atoms with E-state index in [4.69, 9.17) is 16.3 Å². The topological polar surface area (TPSA) is 29.5 Å². The van der Waals surface area contributed by atoms with Crippen molar-refractivity contribution < 1.29 is 9.53 Å². The summed E-state index contributed by atoms with van der Waals surface area (Å²) in [4.78, 5) is 12.8. The lowest BCUT2D eigenvalue weighted by Crippen LogP contribution is -2.42. The zero-order valence-electron chi connectivity index (χ0n) is 7.25. The highest BCUT2D eigenvalue weighted by molar-refractivity contribution is 6.63. The maximum atomic E-state index is 10.6. The number of carbonyl (C=O) groups excluding carboxylic acids is 1. The number of halogens is 1. The van der Waals surface area contributed by atoms with E-state index in [9.17, 15) is 4.79 Å². The predicted octanol–water partition coefficient (Wildman–Crippen LogP) is 0.863. The Labute approximate surface area is 77.6 Å². The Morgan fingerprint density at radius 2 is 2.17 bits per heavy atom. The minimum Gasteiger partial charge on any atom is -0.379 e. The van der Waals surface area contributed by atoms with Crippen LogP contribution in [-0.4, -0.2) is 42.5 Å². The number of rotatable bonds is 3. The van der Waals surface area contributed by atoms with Crippen LogP contribution >= 0.6 is 11.6 Å². The average molecular weight is 192 g/mol. The van der Waals surface area contributed by atoms with Crippen LogP contribution in [0, 0.1) is 0 Å². The van der Waals surface area contributed by atoms with Gasteiger partial charge in [0.25, 0.3) is 0 Å². The van der Waals surface area contributed by atoms with Crippen LogP contribution in [0.2, 0.25) is 0 Å². The third-order valence-electron chi connectivity index (χ3n) is 2.12. The molecule has 0 radical (unpaired) electrons. The lowest BCUT2D eigenvalue weighted by atomic mass is 10.2. The third-order valence-corrected chi connectivity index (χ3v) is 2.28. The Morgan fingerprint density at radius 3 is 2.67 bits per heavy atom. The molecule has 0 aromatic heterocycles. The number of hydrogen-bond acceptors (Lipinski definition) is 3. The van der Waals surface area contributed by atoms with Gasteiger partial charge in [-0.25, -0.2) is 0 Å². The van der Waals surface area contributed by atoms with Crippen LogP contribution in [0.1, 0.15) is 13.3 Å². The van der Waals surface area contributed by atoms with Gasteiger partial charge in [0.1, 0.15) is 0 Å². The lowest BCUT2D eigenvalue weighted by Gasteiger charge is -2.31. The van der Waals surface area contributed by atoms with E-state index < -0.39 is 0 Å². The molecule has 0 aromatic rings. The highest BCUT2D eigenvalue weighted by Crippen LogP contribution is 2.08. The smallest absolute Gasteiger partial charge is 0.223 e. The molecule has 12 heavy (non-hydrogen) atoms. The van der Waals surface area contributed by atoms with Gasteiger partial charge in [0.2, 0.25) is 5.24 Å². The fraction of sp³-hybridized carbons (Fsp3) is 0.875. The van der Waals surface area contributed by atoms with Gasteiger partial charge >= 0.3 is 0 Å². The van der Waals surface area contributed by atoms with Crippen LogP contribution < -0.4 is 0 Å². The summed E-state index contributed by atoms with van der Waals surface area (Å²) in [5.41, 5.74) is 0. The van der Waals surface area contributed by atoms with Crippen molar-refractivity contribution in [3.8, 4) is 0 Å². The van der Waals surface area contributed by atoms with Gasteiger partial charge in [-0.1, -0.05) is 0 Å². The maximum absolute atomic E-state index is 10.6. The first kappa shape index (κ1) is 9.96. The van der Waals surface area contributed by atoms with Crippen LogP contribution in [0.4, 0.5) is 0 Å². The Bertz CT molecular complexity index is 157. The molecule has 0 bridgehead atoms. The molecule has 1 heterocycles.